The number of hydrogen-bond donors (Lipinski definition) is 0. The number of halogens is 1. The third kappa shape index (κ3) is 1.17. The van der Waals surface area contributed by atoms with Gasteiger partial charge in [0.2, 0.25) is 0 Å². The summed E-state index contributed by atoms with van der Waals surface area (Å²) in [6, 6.07) is 4.64. The maximum absolute atomic E-state index is 13.5. The zero-order chi connectivity index (χ0) is 12.1. The van der Waals surface area contributed by atoms with E-state index in [0.29, 0.717) is 6.54 Å². The Labute approximate surface area is 102 Å². The van der Waals surface area contributed by atoms with E-state index in [4.69, 9.17) is 0 Å². The Hall–Kier alpha value is -2.50. The van der Waals surface area contributed by atoms with Crippen molar-refractivity contribution >= 4 is 0 Å². The Bertz CT molecular complexity index is 743. The molecule has 0 aliphatic carbocycles. The van der Waals surface area contributed by atoms with Crippen LogP contribution in [0.3, 0.4) is 0 Å². The lowest BCUT2D eigenvalue weighted by Crippen LogP contribution is -2.01. The highest BCUT2D eigenvalue weighted by molar-refractivity contribution is 5.69. The Morgan fingerprint density at radius 2 is 2.17 bits per heavy atom. The minimum absolute atomic E-state index is 0.277. The van der Waals surface area contributed by atoms with E-state index in [-0.39, 0.29) is 5.82 Å². The third-order valence-electron chi connectivity index (χ3n) is 3.12. The van der Waals surface area contributed by atoms with E-state index in [1.54, 1.807) is 24.9 Å². The molecule has 5 nitrogen and oxygen atoms in total. The van der Waals surface area contributed by atoms with E-state index in [0.717, 1.165) is 22.8 Å². The average molecular weight is 241 g/mol. The molecule has 0 amide bonds. The molecule has 18 heavy (non-hydrogen) atoms. The Kier molecular flexibility index (Phi) is 1.72. The highest BCUT2D eigenvalue weighted by Crippen LogP contribution is 2.30. The summed E-state index contributed by atoms with van der Waals surface area (Å²) in [5, 5.41) is 8.02. The molecule has 4 rings (SSSR count). The number of aromatic nitrogens is 5. The number of imidazole rings is 1. The summed E-state index contributed by atoms with van der Waals surface area (Å²) in [6.45, 7) is 0.624. The minimum Gasteiger partial charge on any atom is -0.307 e. The van der Waals surface area contributed by atoms with E-state index in [2.05, 4.69) is 15.2 Å². The van der Waals surface area contributed by atoms with Gasteiger partial charge in [-0.25, -0.2) is 9.37 Å². The summed E-state index contributed by atoms with van der Waals surface area (Å²) in [6.07, 6.45) is 5.13. The molecule has 0 saturated carbocycles. The van der Waals surface area contributed by atoms with Crippen molar-refractivity contribution in [3.05, 3.63) is 48.6 Å². The quantitative estimate of drug-likeness (QED) is 0.470. The smallest absolute Gasteiger partial charge is 0.166 e. The van der Waals surface area contributed by atoms with Gasteiger partial charge >= 0.3 is 0 Å². The van der Waals surface area contributed by atoms with Crippen LogP contribution in [0, 0.1) is 5.82 Å². The molecule has 0 spiro atoms. The van der Waals surface area contributed by atoms with Crippen LogP contribution in [0.4, 0.5) is 4.39 Å². The van der Waals surface area contributed by atoms with Crippen molar-refractivity contribution in [2.24, 2.45) is 0 Å². The van der Waals surface area contributed by atoms with Gasteiger partial charge in [-0.2, -0.15) is 0 Å². The number of rotatable bonds is 0. The molecule has 3 heterocycles. The lowest BCUT2D eigenvalue weighted by atomic mass is 10.1. The van der Waals surface area contributed by atoms with Gasteiger partial charge in [0.1, 0.15) is 12.1 Å². The zero-order valence-electron chi connectivity index (χ0n) is 9.29. The van der Waals surface area contributed by atoms with Crippen molar-refractivity contribution in [2.75, 3.05) is 0 Å². The van der Waals surface area contributed by atoms with Crippen LogP contribution >= 0.6 is 0 Å². The number of benzene rings is 1. The number of fused-ring (bicyclic) bond motifs is 5. The first-order valence-corrected chi connectivity index (χ1v) is 5.52. The normalized spacial score (nSPS) is 12.5. The van der Waals surface area contributed by atoms with Gasteiger partial charge in [-0.15, -0.1) is 10.2 Å². The van der Waals surface area contributed by atoms with Crippen LogP contribution in [0.25, 0.3) is 17.1 Å². The predicted octanol–water partition coefficient (Wildman–Crippen LogP) is 1.63. The van der Waals surface area contributed by atoms with Gasteiger partial charge in [0, 0.05) is 5.56 Å². The third-order valence-corrected chi connectivity index (χ3v) is 3.12. The topological polar surface area (TPSA) is 48.5 Å². The fourth-order valence-corrected chi connectivity index (χ4v) is 2.30. The molecule has 2 aromatic heterocycles. The zero-order valence-corrected chi connectivity index (χ0v) is 9.29. The number of nitrogens with zero attached hydrogens (tertiary/aromatic N) is 5. The first-order valence-electron chi connectivity index (χ1n) is 5.52. The fourth-order valence-electron chi connectivity index (χ4n) is 2.30. The van der Waals surface area contributed by atoms with Gasteiger partial charge in [-0.1, -0.05) is 0 Å². The SMILES string of the molecule is Fc1ccc2c(c1)-n1cncc1Cn1cnnc1-2. The molecule has 1 aromatic carbocycles. The van der Waals surface area contributed by atoms with Gasteiger partial charge < -0.3 is 9.13 Å². The van der Waals surface area contributed by atoms with E-state index in [1.165, 1.54) is 12.1 Å². The maximum Gasteiger partial charge on any atom is 0.166 e. The molecular weight excluding hydrogens is 233 g/mol. The molecule has 6 heteroatoms. The Morgan fingerprint density at radius 3 is 3.11 bits per heavy atom. The molecule has 0 radical (unpaired) electrons. The molecule has 0 fully saturated rings. The van der Waals surface area contributed by atoms with Crippen molar-refractivity contribution in [1.29, 1.82) is 0 Å². The highest BCUT2D eigenvalue weighted by atomic mass is 19.1. The molecule has 0 unspecified atom stereocenters. The first kappa shape index (κ1) is 9.52. The van der Waals surface area contributed by atoms with E-state index in [1.807, 2.05) is 9.13 Å². The largest absolute Gasteiger partial charge is 0.307 e. The van der Waals surface area contributed by atoms with Gasteiger partial charge in [0.05, 0.1) is 30.5 Å². The van der Waals surface area contributed by atoms with Crippen molar-refractivity contribution < 1.29 is 4.39 Å². The predicted molar refractivity (Wildman–Crippen MR) is 61.6 cm³/mol. The molecule has 3 aromatic rings. The molecule has 0 N–H and O–H groups in total. The van der Waals surface area contributed by atoms with Gasteiger partial charge in [0.15, 0.2) is 5.82 Å². The summed E-state index contributed by atoms with van der Waals surface area (Å²) >= 11 is 0. The van der Waals surface area contributed by atoms with Crippen LogP contribution in [-0.4, -0.2) is 24.3 Å². The molecule has 0 saturated heterocycles. The van der Waals surface area contributed by atoms with Crippen LogP contribution in [0.1, 0.15) is 5.69 Å². The standard InChI is InChI=1S/C12H8FN5/c13-8-1-2-10-11(3-8)18-6-14-4-9(18)5-17-7-15-16-12(10)17/h1-4,6-7H,5H2. The molecule has 1 aliphatic heterocycles. The Morgan fingerprint density at radius 1 is 1.22 bits per heavy atom. The van der Waals surface area contributed by atoms with Crippen molar-refractivity contribution in [3.63, 3.8) is 0 Å². The van der Waals surface area contributed by atoms with Crippen molar-refractivity contribution in [1.82, 2.24) is 24.3 Å². The van der Waals surface area contributed by atoms with E-state index in [9.17, 15) is 4.39 Å². The summed E-state index contributed by atoms with van der Waals surface area (Å²) < 4.78 is 17.3. The maximum atomic E-state index is 13.5. The second kappa shape index (κ2) is 3.25. The van der Waals surface area contributed by atoms with Crippen molar-refractivity contribution in [2.45, 2.75) is 6.54 Å². The first-order chi connectivity index (χ1) is 8.83. The summed E-state index contributed by atoms with van der Waals surface area (Å²) in [5.74, 6) is 0.468. The molecule has 1 aliphatic rings. The fraction of sp³-hybridized carbons (Fsp3) is 0.0833. The molecule has 0 atom stereocenters. The van der Waals surface area contributed by atoms with Crippen LogP contribution in [-0.2, 0) is 6.54 Å². The summed E-state index contributed by atoms with van der Waals surface area (Å²) in [4.78, 5) is 4.12. The highest BCUT2D eigenvalue weighted by Gasteiger charge is 2.20. The van der Waals surface area contributed by atoms with Gasteiger partial charge in [-0.05, 0) is 18.2 Å². The van der Waals surface area contributed by atoms with Crippen LogP contribution in [0.5, 0.6) is 0 Å². The molecular formula is C12H8FN5. The van der Waals surface area contributed by atoms with Gasteiger partial charge in [0.25, 0.3) is 0 Å². The molecule has 0 bridgehead atoms. The van der Waals surface area contributed by atoms with E-state index >= 15 is 0 Å². The average Bonchev–Trinajstić information content (AvgIpc) is 2.97. The van der Waals surface area contributed by atoms with Crippen molar-refractivity contribution in [3.8, 4) is 17.1 Å². The lowest BCUT2D eigenvalue weighted by Gasteiger charge is -2.07. The second-order valence-corrected chi connectivity index (χ2v) is 4.20. The summed E-state index contributed by atoms with van der Waals surface area (Å²) in [5.41, 5.74) is 2.57. The minimum atomic E-state index is -0.277. The monoisotopic (exact) mass is 241 g/mol. The van der Waals surface area contributed by atoms with Crippen LogP contribution < -0.4 is 0 Å². The lowest BCUT2D eigenvalue weighted by molar-refractivity contribution is 0.626. The number of hydrogen-bond acceptors (Lipinski definition) is 3. The molecule has 88 valence electrons. The second-order valence-electron chi connectivity index (χ2n) is 4.20. The Balaban J connectivity index is 2.13. The van der Waals surface area contributed by atoms with Gasteiger partial charge in [-0.3, -0.25) is 0 Å². The summed E-state index contributed by atoms with van der Waals surface area (Å²) in [7, 11) is 0. The van der Waals surface area contributed by atoms with Crippen LogP contribution in [0.2, 0.25) is 0 Å². The van der Waals surface area contributed by atoms with Crippen LogP contribution in [0.15, 0.2) is 37.1 Å². The van der Waals surface area contributed by atoms with E-state index < -0.39 is 0 Å².